The van der Waals surface area contributed by atoms with Gasteiger partial charge in [0, 0.05) is 12.5 Å². The number of alkyl halides is 3. The number of hydrogen-bond acceptors (Lipinski definition) is 1. The van der Waals surface area contributed by atoms with Crippen LogP contribution in [0, 0.1) is 5.92 Å². The molecule has 0 aromatic carbocycles. The Hall–Kier alpha value is -0.250. The van der Waals surface area contributed by atoms with E-state index in [1.54, 1.807) is 0 Å². The highest BCUT2D eigenvalue weighted by Crippen LogP contribution is 2.29. The summed E-state index contributed by atoms with van der Waals surface area (Å²) in [6, 6.07) is 0.727. The zero-order valence-corrected chi connectivity index (χ0v) is 19.8. The van der Waals surface area contributed by atoms with E-state index in [4.69, 9.17) is 0 Å². The van der Waals surface area contributed by atoms with Crippen LogP contribution in [0.1, 0.15) is 142 Å². The molecule has 0 heterocycles. The highest BCUT2D eigenvalue weighted by Gasteiger charge is 2.26. The summed E-state index contributed by atoms with van der Waals surface area (Å²) < 4.78 is 36.4. The van der Waals surface area contributed by atoms with Crippen molar-refractivity contribution in [3.05, 3.63) is 0 Å². The molecule has 2 unspecified atom stereocenters. The van der Waals surface area contributed by atoms with Crippen LogP contribution in [-0.2, 0) is 0 Å². The monoisotopic (exact) mass is 433 g/mol. The molecule has 180 valence electrons. The van der Waals surface area contributed by atoms with Crippen LogP contribution in [0.5, 0.6) is 0 Å². The predicted octanol–water partition coefficient (Wildman–Crippen LogP) is 9.35. The van der Waals surface area contributed by atoms with E-state index in [1.807, 2.05) is 0 Å². The summed E-state index contributed by atoms with van der Waals surface area (Å²) in [7, 11) is 0. The van der Waals surface area contributed by atoms with E-state index < -0.39 is 12.6 Å². The lowest BCUT2D eigenvalue weighted by Crippen LogP contribution is -2.39. The van der Waals surface area contributed by atoms with Gasteiger partial charge in [0.05, 0.1) is 0 Å². The molecule has 1 nitrogen and oxygen atoms in total. The fourth-order valence-electron chi connectivity index (χ4n) is 4.98. The average Bonchev–Trinajstić information content (AvgIpc) is 2.71. The highest BCUT2D eigenvalue weighted by molar-refractivity contribution is 4.81. The molecule has 0 aromatic rings. The summed E-state index contributed by atoms with van der Waals surface area (Å²) in [4.78, 5) is 0. The van der Waals surface area contributed by atoms with Crippen LogP contribution < -0.4 is 5.32 Å². The maximum atomic E-state index is 12.1. The fourth-order valence-corrected chi connectivity index (χ4v) is 4.98. The molecule has 0 bridgehead atoms. The Balaban J connectivity index is 1.97. The van der Waals surface area contributed by atoms with E-state index in [-0.39, 0.29) is 0 Å². The molecule has 1 fully saturated rings. The van der Waals surface area contributed by atoms with Crippen molar-refractivity contribution in [2.45, 2.75) is 154 Å². The molecule has 2 atom stereocenters. The van der Waals surface area contributed by atoms with Crippen LogP contribution in [-0.4, -0.2) is 18.8 Å². The summed E-state index contributed by atoms with van der Waals surface area (Å²) in [6.45, 7) is 3.46. The molecule has 0 saturated heterocycles. The molecule has 30 heavy (non-hydrogen) atoms. The van der Waals surface area contributed by atoms with Crippen molar-refractivity contribution in [2.24, 2.45) is 5.92 Å². The van der Waals surface area contributed by atoms with Crippen LogP contribution in [0.15, 0.2) is 0 Å². The molecule has 0 amide bonds. The third kappa shape index (κ3) is 16.4. The Kier molecular flexibility index (Phi) is 17.0. The topological polar surface area (TPSA) is 12.0 Å². The third-order valence-electron chi connectivity index (χ3n) is 6.88. The van der Waals surface area contributed by atoms with Gasteiger partial charge in [0.15, 0.2) is 0 Å². The van der Waals surface area contributed by atoms with Crippen LogP contribution in [0.25, 0.3) is 0 Å². The van der Waals surface area contributed by atoms with Gasteiger partial charge in [0.2, 0.25) is 0 Å². The van der Waals surface area contributed by atoms with Gasteiger partial charge < -0.3 is 5.32 Å². The Bertz CT molecular complexity index is 370. The summed E-state index contributed by atoms with van der Waals surface area (Å²) in [5.41, 5.74) is 0. The Morgan fingerprint density at radius 2 is 1.20 bits per heavy atom. The lowest BCUT2D eigenvalue weighted by Gasteiger charge is -2.32. The van der Waals surface area contributed by atoms with Gasteiger partial charge in [0.25, 0.3) is 0 Å². The minimum Gasteiger partial charge on any atom is -0.314 e. The van der Waals surface area contributed by atoms with Gasteiger partial charge in [-0.3, -0.25) is 0 Å². The van der Waals surface area contributed by atoms with Crippen LogP contribution in [0.4, 0.5) is 13.2 Å². The maximum absolute atomic E-state index is 12.1. The number of halogens is 3. The first-order chi connectivity index (χ1) is 14.5. The highest BCUT2D eigenvalue weighted by atomic mass is 19.4. The summed E-state index contributed by atoms with van der Waals surface area (Å²) in [5.74, 6) is 0.847. The van der Waals surface area contributed by atoms with Crippen molar-refractivity contribution in [1.82, 2.24) is 5.32 Å². The Labute approximate surface area is 185 Å². The standard InChI is InChI=1S/C26H50F3N/c1-2-3-4-5-6-10-13-18-23-30-25-21-16-15-20-24(25)19-14-11-8-7-9-12-17-22-26(27,28)29/h24-25,30H,2-23H2,1H3. The minimum absolute atomic E-state index is 0.303. The zero-order valence-electron chi connectivity index (χ0n) is 19.8. The zero-order chi connectivity index (χ0) is 21.9. The molecule has 1 N–H and O–H groups in total. The van der Waals surface area contributed by atoms with E-state index in [2.05, 4.69) is 12.2 Å². The second kappa shape index (κ2) is 18.3. The van der Waals surface area contributed by atoms with Crippen molar-refractivity contribution in [3.8, 4) is 0 Å². The molecular weight excluding hydrogens is 383 g/mol. The lowest BCUT2D eigenvalue weighted by molar-refractivity contribution is -0.135. The van der Waals surface area contributed by atoms with Gasteiger partial charge in [-0.1, -0.05) is 103 Å². The SMILES string of the molecule is CCCCCCCCCCNC1CCCCC1CCCCCCCCCC(F)(F)F. The summed E-state index contributed by atoms with van der Waals surface area (Å²) >= 11 is 0. The van der Waals surface area contributed by atoms with E-state index in [0.717, 1.165) is 31.2 Å². The van der Waals surface area contributed by atoms with Gasteiger partial charge in [-0.2, -0.15) is 13.2 Å². The average molecular weight is 434 g/mol. The van der Waals surface area contributed by atoms with Crippen LogP contribution in [0.3, 0.4) is 0 Å². The van der Waals surface area contributed by atoms with Crippen molar-refractivity contribution in [3.63, 3.8) is 0 Å². The van der Waals surface area contributed by atoms with Gasteiger partial charge in [-0.05, 0) is 44.6 Å². The Morgan fingerprint density at radius 1 is 0.667 bits per heavy atom. The number of nitrogens with one attached hydrogen (secondary N) is 1. The fraction of sp³-hybridized carbons (Fsp3) is 1.00. The third-order valence-corrected chi connectivity index (χ3v) is 6.88. The molecular formula is C26H50F3N. The van der Waals surface area contributed by atoms with Crippen molar-refractivity contribution in [1.29, 1.82) is 0 Å². The molecule has 1 aliphatic carbocycles. The van der Waals surface area contributed by atoms with Crippen LogP contribution >= 0.6 is 0 Å². The van der Waals surface area contributed by atoms with Crippen molar-refractivity contribution >= 4 is 0 Å². The summed E-state index contributed by atoms with van der Waals surface area (Å²) in [6.07, 6.45) is 20.1. The minimum atomic E-state index is -3.97. The molecule has 1 aliphatic rings. The first-order valence-electron chi connectivity index (χ1n) is 13.3. The maximum Gasteiger partial charge on any atom is 0.389 e. The molecule has 4 heteroatoms. The second-order valence-corrected chi connectivity index (χ2v) is 9.71. The van der Waals surface area contributed by atoms with Crippen LogP contribution in [0.2, 0.25) is 0 Å². The summed E-state index contributed by atoms with van der Waals surface area (Å²) in [5, 5.41) is 3.88. The predicted molar refractivity (Wildman–Crippen MR) is 124 cm³/mol. The van der Waals surface area contributed by atoms with E-state index in [0.29, 0.717) is 6.42 Å². The van der Waals surface area contributed by atoms with Gasteiger partial charge >= 0.3 is 6.18 Å². The molecule has 0 radical (unpaired) electrons. The van der Waals surface area contributed by atoms with E-state index in [1.165, 1.54) is 109 Å². The van der Waals surface area contributed by atoms with Gasteiger partial charge in [-0.25, -0.2) is 0 Å². The van der Waals surface area contributed by atoms with Crippen molar-refractivity contribution in [2.75, 3.05) is 6.54 Å². The Morgan fingerprint density at radius 3 is 1.83 bits per heavy atom. The molecule has 0 aliphatic heterocycles. The first kappa shape index (κ1) is 27.8. The molecule has 0 aromatic heterocycles. The van der Waals surface area contributed by atoms with E-state index >= 15 is 0 Å². The van der Waals surface area contributed by atoms with Crippen molar-refractivity contribution < 1.29 is 13.2 Å². The van der Waals surface area contributed by atoms with Gasteiger partial charge in [0.1, 0.15) is 0 Å². The molecule has 0 spiro atoms. The normalized spacial score (nSPS) is 20.0. The molecule has 1 saturated carbocycles. The smallest absolute Gasteiger partial charge is 0.314 e. The number of rotatable bonds is 19. The number of hydrogen-bond donors (Lipinski definition) is 1. The van der Waals surface area contributed by atoms with Gasteiger partial charge in [-0.15, -0.1) is 0 Å². The molecule has 1 rings (SSSR count). The number of unbranched alkanes of at least 4 members (excludes halogenated alkanes) is 13. The lowest BCUT2D eigenvalue weighted by atomic mass is 9.81. The largest absolute Gasteiger partial charge is 0.389 e. The quantitative estimate of drug-likeness (QED) is 0.200. The first-order valence-corrected chi connectivity index (χ1v) is 13.3. The van der Waals surface area contributed by atoms with E-state index in [9.17, 15) is 13.2 Å². The second-order valence-electron chi connectivity index (χ2n) is 9.71.